The van der Waals surface area contributed by atoms with Crippen molar-refractivity contribution in [1.29, 1.82) is 0 Å². The molecule has 2 heterocycles. The number of nitrogens with one attached hydrogen (secondary N) is 2. The van der Waals surface area contributed by atoms with Crippen molar-refractivity contribution in [2.24, 2.45) is 0 Å². The van der Waals surface area contributed by atoms with Crippen molar-refractivity contribution in [1.82, 2.24) is 24.8 Å². The van der Waals surface area contributed by atoms with E-state index < -0.39 is 0 Å². The van der Waals surface area contributed by atoms with Crippen LogP contribution in [0, 0.1) is 0 Å². The molecule has 2 aromatic heterocycles. The number of carbonyl (C=O) groups excluding carboxylic acids is 1. The molecule has 2 amide bonds. The van der Waals surface area contributed by atoms with Crippen molar-refractivity contribution in [3.8, 4) is 23.0 Å². The Morgan fingerprint density at radius 3 is 2.48 bits per heavy atom. The normalized spacial score (nSPS) is 11.0. The zero-order chi connectivity index (χ0) is 31.1. The smallest absolute Gasteiger partial charge is 0.323 e. The number of benzene rings is 3. The molecular weight excluding hydrogens is 576 g/mol. The van der Waals surface area contributed by atoms with Crippen LogP contribution in [0.2, 0.25) is 5.02 Å². The fourth-order valence-corrected chi connectivity index (χ4v) is 4.98. The van der Waals surface area contributed by atoms with E-state index in [2.05, 4.69) is 54.5 Å². The highest BCUT2D eigenvalue weighted by Gasteiger charge is 2.17. The van der Waals surface area contributed by atoms with E-state index in [1.54, 1.807) is 12.3 Å². The third kappa shape index (κ3) is 7.39. The van der Waals surface area contributed by atoms with Crippen LogP contribution in [0.15, 0.2) is 79.3 Å². The Labute approximate surface area is 262 Å². The first-order valence-corrected chi connectivity index (χ1v) is 14.8. The minimum Gasteiger partial charge on any atom is -0.438 e. The molecule has 0 unspecified atom stereocenters. The molecule has 11 heteroatoms. The third-order valence-corrected chi connectivity index (χ3v) is 7.24. The van der Waals surface area contributed by atoms with Gasteiger partial charge < -0.3 is 25.2 Å². The van der Waals surface area contributed by atoms with E-state index in [9.17, 15) is 4.79 Å². The van der Waals surface area contributed by atoms with Gasteiger partial charge in [-0.15, -0.1) is 0 Å². The Balaban J connectivity index is 1.38. The number of hydrogen-bond donors (Lipinski definition) is 2. The summed E-state index contributed by atoms with van der Waals surface area (Å²) in [5.74, 6) is 2.12. The molecule has 0 fully saturated rings. The van der Waals surface area contributed by atoms with Gasteiger partial charge in [0.25, 0.3) is 0 Å². The fourth-order valence-electron chi connectivity index (χ4n) is 4.81. The van der Waals surface area contributed by atoms with Crippen LogP contribution in [0.5, 0.6) is 11.6 Å². The average Bonchev–Trinajstić information content (AvgIpc) is 3.02. The maximum absolute atomic E-state index is 13.3. The minimum atomic E-state index is -0.386. The summed E-state index contributed by atoms with van der Waals surface area (Å²) in [6.45, 7) is 3.78. The summed E-state index contributed by atoms with van der Waals surface area (Å²) in [5, 5.41) is 8.13. The van der Waals surface area contributed by atoms with Crippen molar-refractivity contribution in [3.05, 3.63) is 90.1 Å². The largest absolute Gasteiger partial charge is 0.438 e. The number of urea groups is 1. The molecule has 0 aliphatic rings. The lowest BCUT2D eigenvalue weighted by Gasteiger charge is -2.24. The van der Waals surface area contributed by atoms with Crippen molar-refractivity contribution < 1.29 is 9.53 Å². The molecule has 0 saturated carbocycles. The molecule has 44 heavy (non-hydrogen) atoms. The van der Waals surface area contributed by atoms with E-state index in [0.717, 1.165) is 36.0 Å². The molecule has 10 nitrogen and oxygen atoms in total. The number of aryl methyl sites for hydroxylation is 1. The number of carbonyl (C=O) groups is 1. The number of pyridine rings is 1. The minimum absolute atomic E-state index is 0.368. The van der Waals surface area contributed by atoms with Gasteiger partial charge in [-0.2, -0.15) is 0 Å². The van der Waals surface area contributed by atoms with Crippen molar-refractivity contribution in [2.45, 2.75) is 19.8 Å². The highest BCUT2D eigenvalue weighted by atomic mass is 35.5. The molecule has 0 saturated heterocycles. The van der Waals surface area contributed by atoms with Crippen LogP contribution in [0.25, 0.3) is 22.2 Å². The van der Waals surface area contributed by atoms with Crippen LogP contribution in [0.1, 0.15) is 19.2 Å². The highest BCUT2D eigenvalue weighted by molar-refractivity contribution is 6.31. The lowest BCUT2D eigenvalue weighted by Crippen LogP contribution is -2.26. The van der Waals surface area contributed by atoms with Crippen LogP contribution in [0.4, 0.5) is 21.9 Å². The number of amides is 2. The van der Waals surface area contributed by atoms with Crippen LogP contribution in [-0.4, -0.2) is 65.1 Å². The van der Waals surface area contributed by atoms with E-state index in [1.165, 1.54) is 6.33 Å². The number of nitrogens with zero attached hydrogens (tertiary/aromatic N) is 6. The van der Waals surface area contributed by atoms with E-state index in [4.69, 9.17) is 16.3 Å². The maximum Gasteiger partial charge on any atom is 0.323 e. The van der Waals surface area contributed by atoms with Gasteiger partial charge in [0.1, 0.15) is 17.9 Å². The zero-order valence-electron chi connectivity index (χ0n) is 25.2. The number of aromatic nitrogens is 4. The van der Waals surface area contributed by atoms with Gasteiger partial charge in [-0.05, 0) is 69.5 Å². The molecule has 3 aromatic carbocycles. The summed E-state index contributed by atoms with van der Waals surface area (Å²) in [6.07, 6.45) is 4.82. The molecule has 0 spiro atoms. The summed E-state index contributed by atoms with van der Waals surface area (Å²) < 4.78 is 6.35. The van der Waals surface area contributed by atoms with Gasteiger partial charge in [-0.3, -0.25) is 0 Å². The summed E-state index contributed by atoms with van der Waals surface area (Å²) in [7, 11) is 6.11. The Kier molecular flexibility index (Phi) is 9.83. The molecule has 0 aliphatic carbocycles. The van der Waals surface area contributed by atoms with Crippen LogP contribution < -0.4 is 20.3 Å². The lowest BCUT2D eigenvalue weighted by atomic mass is 10.1. The topological polar surface area (TPSA) is 108 Å². The predicted molar refractivity (Wildman–Crippen MR) is 177 cm³/mol. The lowest BCUT2D eigenvalue weighted by molar-refractivity contribution is 0.262. The summed E-state index contributed by atoms with van der Waals surface area (Å²) >= 11 is 6.31. The predicted octanol–water partition coefficient (Wildman–Crippen LogP) is 7.13. The monoisotopic (exact) mass is 610 g/mol. The van der Waals surface area contributed by atoms with Gasteiger partial charge in [0.15, 0.2) is 5.82 Å². The van der Waals surface area contributed by atoms with Crippen LogP contribution in [-0.2, 0) is 6.42 Å². The van der Waals surface area contributed by atoms with Crippen LogP contribution >= 0.6 is 11.6 Å². The molecule has 5 aromatic rings. The van der Waals surface area contributed by atoms with Gasteiger partial charge in [0, 0.05) is 42.0 Å². The Bertz CT molecular complexity index is 1760. The number of fused-ring (bicyclic) bond motifs is 1. The summed E-state index contributed by atoms with van der Waals surface area (Å²) in [4.78, 5) is 35.1. The standard InChI is InChI=1S/C33H35ClN8O2/c1-5-30-36-21-37-31(40-30)25-12-8-17-35-32(25)44-29-16-14-26(23-10-6-7-11-24(23)29)38-33(43)39-27-20-22(34)13-15-28(27)42(4)19-9-18-41(2)3/h6-8,10-17,20-21H,5,9,18-19H2,1-4H3,(H2,38,39,43). The molecule has 2 N–H and O–H groups in total. The molecule has 0 radical (unpaired) electrons. The molecular formula is C33H35ClN8O2. The first-order valence-electron chi connectivity index (χ1n) is 14.4. The van der Waals surface area contributed by atoms with Crippen molar-refractivity contribution in [2.75, 3.05) is 49.8 Å². The first-order chi connectivity index (χ1) is 21.3. The summed E-state index contributed by atoms with van der Waals surface area (Å²) in [6, 6.07) is 20.1. The van der Waals surface area contributed by atoms with Crippen LogP contribution in [0.3, 0.4) is 0 Å². The van der Waals surface area contributed by atoms with E-state index >= 15 is 0 Å². The molecule has 0 aliphatic heterocycles. The summed E-state index contributed by atoms with van der Waals surface area (Å²) in [5.41, 5.74) is 2.78. The van der Waals surface area contributed by atoms with Gasteiger partial charge in [-0.25, -0.2) is 24.7 Å². The van der Waals surface area contributed by atoms with Gasteiger partial charge >= 0.3 is 6.03 Å². The number of ether oxygens (including phenoxy) is 1. The molecule has 5 rings (SSSR count). The Hall–Kier alpha value is -4.80. The number of rotatable bonds is 11. The first kappa shape index (κ1) is 30.7. The average molecular weight is 611 g/mol. The van der Waals surface area contributed by atoms with Crippen molar-refractivity contribution >= 4 is 45.5 Å². The quantitative estimate of drug-likeness (QED) is 0.163. The molecule has 0 atom stereocenters. The van der Waals surface area contributed by atoms with Gasteiger partial charge in [0.2, 0.25) is 5.88 Å². The number of anilines is 3. The fraction of sp³-hybridized carbons (Fsp3) is 0.242. The zero-order valence-corrected chi connectivity index (χ0v) is 26.0. The number of halogens is 1. The Morgan fingerprint density at radius 1 is 0.886 bits per heavy atom. The highest BCUT2D eigenvalue weighted by Crippen LogP contribution is 2.37. The van der Waals surface area contributed by atoms with E-state index in [1.807, 2.05) is 74.6 Å². The third-order valence-electron chi connectivity index (χ3n) is 7.01. The molecule has 0 bridgehead atoms. The molecule has 226 valence electrons. The SMILES string of the molecule is CCc1ncnc(-c2cccnc2Oc2ccc(NC(=O)Nc3cc(Cl)ccc3N(C)CCCN(C)C)c3ccccc23)n1. The van der Waals surface area contributed by atoms with Gasteiger partial charge in [0.05, 0.1) is 22.6 Å². The Morgan fingerprint density at radius 2 is 1.68 bits per heavy atom. The number of hydrogen-bond acceptors (Lipinski definition) is 8. The maximum atomic E-state index is 13.3. The van der Waals surface area contributed by atoms with E-state index in [-0.39, 0.29) is 6.03 Å². The van der Waals surface area contributed by atoms with Gasteiger partial charge in [-0.1, -0.05) is 42.8 Å². The second-order valence-electron chi connectivity index (χ2n) is 10.5. The van der Waals surface area contributed by atoms with Crippen molar-refractivity contribution in [3.63, 3.8) is 0 Å². The second-order valence-corrected chi connectivity index (χ2v) is 10.9. The van der Waals surface area contributed by atoms with E-state index in [0.29, 0.717) is 51.7 Å². The second kappa shape index (κ2) is 14.1.